The van der Waals surface area contributed by atoms with Gasteiger partial charge in [-0.3, -0.25) is 0 Å². The van der Waals surface area contributed by atoms with E-state index in [1.165, 1.54) is 0 Å². The molecule has 0 bridgehead atoms. The van der Waals surface area contributed by atoms with Crippen LogP contribution >= 0.6 is 24.8 Å². The predicted molar refractivity (Wildman–Crippen MR) is 68.8 cm³/mol. The fourth-order valence-electron chi connectivity index (χ4n) is 1.91. The van der Waals surface area contributed by atoms with Crippen LogP contribution in [0.25, 0.3) is 0 Å². The highest BCUT2D eigenvalue weighted by atomic mass is 35.5. The minimum Gasteiger partial charge on any atom is -0.322 e. The van der Waals surface area contributed by atoms with Crippen LogP contribution in [0.2, 0.25) is 0 Å². The van der Waals surface area contributed by atoms with Gasteiger partial charge in [-0.25, -0.2) is 4.79 Å². The number of hydrogen-bond donors (Lipinski definition) is 2. The first-order valence-electron chi connectivity index (χ1n) is 5.33. The monoisotopic (exact) mass is 270 g/mol. The normalized spacial score (nSPS) is 20.8. The maximum atomic E-state index is 11.9. The molecule has 0 atom stereocenters. The number of halogens is 2. The van der Waals surface area contributed by atoms with Gasteiger partial charge in [0.2, 0.25) is 0 Å². The second-order valence-electron chi connectivity index (χ2n) is 3.76. The average Bonchev–Trinajstić information content (AvgIpc) is 2.30. The third-order valence-electron chi connectivity index (χ3n) is 2.78. The number of nitrogens with zero attached hydrogens (tertiary/aromatic N) is 2. The first kappa shape index (κ1) is 15.8. The molecule has 2 aliphatic rings. The smallest absolute Gasteiger partial charge is 0.320 e. The quantitative estimate of drug-likeness (QED) is 0.639. The van der Waals surface area contributed by atoms with E-state index in [9.17, 15) is 4.79 Å². The Labute approximate surface area is 109 Å². The van der Waals surface area contributed by atoms with E-state index in [1.807, 2.05) is 9.80 Å². The Kier molecular flexibility index (Phi) is 7.83. The second-order valence-corrected chi connectivity index (χ2v) is 3.76. The maximum absolute atomic E-state index is 11.9. The standard InChI is InChI=1S/C9H18N4O.2ClH/c14-9(12-5-1-10-2-6-12)13-7-3-11-4-8-13;;/h10-11H,1-8H2;2*1H. The van der Waals surface area contributed by atoms with Gasteiger partial charge in [-0.1, -0.05) is 0 Å². The lowest BCUT2D eigenvalue weighted by atomic mass is 10.3. The molecule has 0 aromatic carbocycles. The molecule has 0 aromatic heterocycles. The molecule has 0 aliphatic carbocycles. The zero-order chi connectivity index (χ0) is 9.80. The van der Waals surface area contributed by atoms with Crippen molar-refractivity contribution in [3.8, 4) is 0 Å². The van der Waals surface area contributed by atoms with E-state index >= 15 is 0 Å². The molecule has 16 heavy (non-hydrogen) atoms. The Morgan fingerprint density at radius 2 is 1.06 bits per heavy atom. The van der Waals surface area contributed by atoms with E-state index in [-0.39, 0.29) is 30.8 Å². The summed E-state index contributed by atoms with van der Waals surface area (Å²) in [6.45, 7) is 7.11. The van der Waals surface area contributed by atoms with Crippen LogP contribution in [0, 0.1) is 0 Å². The Morgan fingerprint density at radius 1 is 0.750 bits per heavy atom. The van der Waals surface area contributed by atoms with Crippen LogP contribution < -0.4 is 10.6 Å². The molecule has 0 aromatic rings. The fraction of sp³-hybridized carbons (Fsp3) is 0.889. The van der Waals surface area contributed by atoms with Crippen molar-refractivity contribution < 1.29 is 4.79 Å². The van der Waals surface area contributed by atoms with Crippen molar-refractivity contribution >= 4 is 30.8 Å². The molecular formula is C9H20Cl2N4O. The van der Waals surface area contributed by atoms with Gasteiger partial charge in [0.25, 0.3) is 0 Å². The van der Waals surface area contributed by atoms with E-state index in [4.69, 9.17) is 0 Å². The van der Waals surface area contributed by atoms with Crippen LogP contribution in [0.4, 0.5) is 4.79 Å². The zero-order valence-electron chi connectivity index (χ0n) is 9.28. The number of nitrogens with one attached hydrogen (secondary N) is 2. The number of piperazine rings is 2. The van der Waals surface area contributed by atoms with Gasteiger partial charge in [0.1, 0.15) is 0 Å². The van der Waals surface area contributed by atoms with Gasteiger partial charge in [0.15, 0.2) is 0 Å². The summed E-state index contributed by atoms with van der Waals surface area (Å²) in [5, 5.41) is 6.50. The summed E-state index contributed by atoms with van der Waals surface area (Å²) in [6, 6.07) is 0.216. The minimum absolute atomic E-state index is 0. The lowest BCUT2D eigenvalue weighted by Gasteiger charge is -2.35. The van der Waals surface area contributed by atoms with Gasteiger partial charge in [-0.05, 0) is 0 Å². The van der Waals surface area contributed by atoms with Crippen molar-refractivity contribution in [1.82, 2.24) is 20.4 Å². The maximum Gasteiger partial charge on any atom is 0.320 e. The average molecular weight is 271 g/mol. The van der Waals surface area contributed by atoms with Crippen molar-refractivity contribution in [2.24, 2.45) is 0 Å². The van der Waals surface area contributed by atoms with Crippen molar-refractivity contribution in [1.29, 1.82) is 0 Å². The highest BCUT2D eigenvalue weighted by Crippen LogP contribution is 2.02. The zero-order valence-corrected chi connectivity index (χ0v) is 10.9. The lowest BCUT2D eigenvalue weighted by Crippen LogP contribution is -2.55. The third kappa shape index (κ3) is 3.97. The molecule has 2 fully saturated rings. The summed E-state index contributed by atoms with van der Waals surface area (Å²) >= 11 is 0. The molecule has 7 heteroatoms. The van der Waals surface area contributed by atoms with Crippen molar-refractivity contribution in [2.75, 3.05) is 52.4 Å². The molecule has 0 radical (unpaired) electrons. The molecular weight excluding hydrogens is 251 g/mol. The minimum atomic E-state index is 0. The summed E-state index contributed by atoms with van der Waals surface area (Å²) in [5.41, 5.74) is 0. The van der Waals surface area contributed by atoms with Gasteiger partial charge in [0, 0.05) is 52.4 Å². The first-order valence-corrected chi connectivity index (χ1v) is 5.33. The van der Waals surface area contributed by atoms with Gasteiger partial charge >= 0.3 is 6.03 Å². The van der Waals surface area contributed by atoms with Crippen molar-refractivity contribution in [2.45, 2.75) is 0 Å². The van der Waals surface area contributed by atoms with E-state index in [1.54, 1.807) is 0 Å². The van der Waals surface area contributed by atoms with Crippen molar-refractivity contribution in [3.63, 3.8) is 0 Å². The molecule has 5 nitrogen and oxygen atoms in total. The van der Waals surface area contributed by atoms with Gasteiger partial charge in [0.05, 0.1) is 0 Å². The number of carbonyl (C=O) groups excluding carboxylic acids is 1. The highest BCUT2D eigenvalue weighted by Gasteiger charge is 2.23. The SMILES string of the molecule is Cl.Cl.O=C(N1CCNCC1)N1CCNCC1. The Morgan fingerprint density at radius 3 is 1.38 bits per heavy atom. The first-order chi connectivity index (χ1) is 6.88. The molecule has 2 aliphatic heterocycles. The molecule has 0 saturated carbocycles. The fourth-order valence-corrected chi connectivity index (χ4v) is 1.91. The van der Waals surface area contributed by atoms with Crippen LogP contribution in [0.1, 0.15) is 0 Å². The largest absolute Gasteiger partial charge is 0.322 e. The van der Waals surface area contributed by atoms with E-state index in [2.05, 4.69) is 10.6 Å². The molecule has 2 saturated heterocycles. The molecule has 96 valence electrons. The second kappa shape index (κ2) is 7.95. The summed E-state index contributed by atoms with van der Waals surface area (Å²) < 4.78 is 0. The topological polar surface area (TPSA) is 47.6 Å². The molecule has 0 unspecified atom stereocenters. The summed E-state index contributed by atoms with van der Waals surface area (Å²) in [5.74, 6) is 0. The van der Waals surface area contributed by atoms with Crippen LogP contribution in [0.15, 0.2) is 0 Å². The molecule has 2 amide bonds. The number of amides is 2. The summed E-state index contributed by atoms with van der Waals surface area (Å²) in [4.78, 5) is 15.8. The predicted octanol–water partition coefficient (Wildman–Crippen LogP) is -0.240. The summed E-state index contributed by atoms with van der Waals surface area (Å²) in [6.07, 6.45) is 0. The summed E-state index contributed by atoms with van der Waals surface area (Å²) in [7, 11) is 0. The van der Waals surface area contributed by atoms with Gasteiger partial charge in [-0.15, -0.1) is 24.8 Å². The molecule has 2 heterocycles. The van der Waals surface area contributed by atoms with Crippen LogP contribution in [-0.4, -0.2) is 68.2 Å². The van der Waals surface area contributed by atoms with Crippen molar-refractivity contribution in [3.05, 3.63) is 0 Å². The van der Waals surface area contributed by atoms with Crippen LogP contribution in [0.5, 0.6) is 0 Å². The number of rotatable bonds is 0. The Balaban J connectivity index is 0.00000112. The number of urea groups is 1. The molecule has 2 N–H and O–H groups in total. The van der Waals surface area contributed by atoms with E-state index in [0.29, 0.717) is 0 Å². The van der Waals surface area contributed by atoms with Gasteiger partial charge < -0.3 is 20.4 Å². The Hall–Kier alpha value is -0.230. The molecule has 0 spiro atoms. The molecule has 2 rings (SSSR count). The highest BCUT2D eigenvalue weighted by molar-refractivity contribution is 5.85. The van der Waals surface area contributed by atoms with E-state index in [0.717, 1.165) is 52.4 Å². The van der Waals surface area contributed by atoms with Crippen LogP contribution in [0.3, 0.4) is 0 Å². The van der Waals surface area contributed by atoms with Crippen LogP contribution in [-0.2, 0) is 0 Å². The van der Waals surface area contributed by atoms with Gasteiger partial charge in [-0.2, -0.15) is 0 Å². The third-order valence-corrected chi connectivity index (χ3v) is 2.78. The lowest BCUT2D eigenvalue weighted by molar-refractivity contribution is 0.141. The Bertz CT molecular complexity index is 186. The number of hydrogen-bond acceptors (Lipinski definition) is 3. The van der Waals surface area contributed by atoms with E-state index < -0.39 is 0 Å². The number of carbonyl (C=O) groups is 1.